The Balaban J connectivity index is 2.22. The van der Waals surface area contributed by atoms with E-state index < -0.39 is 54.7 Å². The Hall–Kier alpha value is -1.79. The molecule has 0 aromatic carbocycles. The number of aliphatic hydroxyl groups excluding tert-OH is 3. The molecule has 0 saturated carbocycles. The average molecular weight is 941 g/mol. The third-order valence-electron chi connectivity index (χ3n) is 13.5. The van der Waals surface area contributed by atoms with E-state index in [2.05, 4.69) is 13.8 Å². The van der Waals surface area contributed by atoms with Crippen LogP contribution in [-0.2, 0) is 33.3 Å². The largest absolute Gasteiger partial charge is 0.479 e. The van der Waals surface area contributed by atoms with E-state index in [0.29, 0.717) is 12.8 Å². The summed E-state index contributed by atoms with van der Waals surface area (Å²) in [7, 11) is 0. The molecule has 390 valence electrons. The normalized spacial score (nSPS) is 19.0. The van der Waals surface area contributed by atoms with Crippen molar-refractivity contribution in [3.63, 3.8) is 0 Å². The van der Waals surface area contributed by atoms with Gasteiger partial charge in [0.15, 0.2) is 18.5 Å². The van der Waals surface area contributed by atoms with Crippen LogP contribution in [0.3, 0.4) is 0 Å². The first-order valence-corrected chi connectivity index (χ1v) is 28.1. The topological polar surface area (TPSA) is 169 Å². The molecule has 11 heteroatoms. The Morgan fingerprint density at radius 2 is 0.712 bits per heavy atom. The van der Waals surface area contributed by atoms with Gasteiger partial charge in [-0.2, -0.15) is 0 Å². The van der Waals surface area contributed by atoms with Gasteiger partial charge in [0.05, 0.1) is 6.61 Å². The van der Waals surface area contributed by atoms with Crippen LogP contribution in [0.25, 0.3) is 0 Å². The first kappa shape index (κ1) is 62.2. The quantitative estimate of drug-likeness (QED) is 0.0338. The van der Waals surface area contributed by atoms with Crippen LogP contribution in [-0.4, -0.2) is 88.4 Å². The van der Waals surface area contributed by atoms with Crippen LogP contribution in [0, 0.1) is 0 Å². The van der Waals surface area contributed by atoms with Crippen molar-refractivity contribution in [1.82, 2.24) is 0 Å². The summed E-state index contributed by atoms with van der Waals surface area (Å²) in [6.45, 7) is 3.88. The van der Waals surface area contributed by atoms with E-state index >= 15 is 0 Å². The van der Waals surface area contributed by atoms with Gasteiger partial charge in [0.1, 0.15) is 24.9 Å². The van der Waals surface area contributed by atoms with Gasteiger partial charge in [-0.15, -0.1) is 0 Å². The monoisotopic (exact) mass is 941 g/mol. The number of unbranched alkanes of at least 4 members (excludes halogenated alkanes) is 38. The van der Waals surface area contributed by atoms with Crippen molar-refractivity contribution >= 4 is 17.9 Å². The van der Waals surface area contributed by atoms with Crippen molar-refractivity contribution in [3.8, 4) is 0 Å². The number of carbonyl (C=O) groups excluding carboxylic acids is 2. The Bertz CT molecular complexity index is 1100. The molecule has 0 aliphatic carbocycles. The molecule has 66 heavy (non-hydrogen) atoms. The minimum Gasteiger partial charge on any atom is -0.479 e. The zero-order valence-corrected chi connectivity index (χ0v) is 42.7. The predicted molar refractivity (Wildman–Crippen MR) is 266 cm³/mol. The standard InChI is InChI=1S/C55H104O11/c1-3-5-7-9-11-13-15-17-19-21-22-23-24-25-26-28-29-31-33-35-37-39-41-43-48(56)63-45-47(46-64-55-52(60)50(58)51(59)53(66-55)54(61)62)65-49(57)44-42-40-38-36-34-32-30-27-20-18-16-14-12-10-8-6-4-2/h47,50-53,55,58-60H,3-46H2,1-2H3,(H,61,62). The number of hydrogen-bond acceptors (Lipinski definition) is 10. The molecule has 4 N–H and O–H groups in total. The van der Waals surface area contributed by atoms with E-state index in [-0.39, 0.29) is 26.1 Å². The third-order valence-corrected chi connectivity index (χ3v) is 13.5. The Morgan fingerprint density at radius 3 is 1.03 bits per heavy atom. The number of aliphatic hydroxyl groups is 3. The number of aliphatic carboxylic acids is 1. The van der Waals surface area contributed by atoms with Crippen LogP contribution < -0.4 is 0 Å². The maximum Gasteiger partial charge on any atom is 0.335 e. The smallest absolute Gasteiger partial charge is 0.335 e. The Kier molecular flexibility index (Phi) is 43.0. The zero-order valence-electron chi connectivity index (χ0n) is 42.7. The molecule has 0 spiro atoms. The third kappa shape index (κ3) is 36.2. The van der Waals surface area contributed by atoms with Crippen molar-refractivity contribution in [3.05, 3.63) is 0 Å². The number of rotatable bonds is 49. The molecule has 0 radical (unpaired) electrons. The summed E-state index contributed by atoms with van der Waals surface area (Å²) < 4.78 is 21.9. The molecule has 0 amide bonds. The summed E-state index contributed by atoms with van der Waals surface area (Å²) in [4.78, 5) is 37.1. The van der Waals surface area contributed by atoms with Crippen LogP contribution >= 0.6 is 0 Å². The summed E-state index contributed by atoms with van der Waals surface area (Å²) in [5, 5.41) is 40.0. The SMILES string of the molecule is CCCCCCCCCCCCCCCCCCCCCCCCCC(=O)OCC(COC1OC(C(=O)O)C(O)C(O)C1O)OC(=O)CCCCCCCCCCCCCCCCCCC. The second kappa shape index (κ2) is 45.6. The summed E-state index contributed by atoms with van der Waals surface area (Å²) in [6.07, 6.45) is 41.6. The molecule has 1 aliphatic heterocycles. The molecule has 0 aromatic heterocycles. The molecule has 1 rings (SSSR count). The molecule has 1 fully saturated rings. The lowest BCUT2D eigenvalue weighted by Crippen LogP contribution is -2.60. The van der Waals surface area contributed by atoms with Gasteiger partial charge < -0.3 is 39.4 Å². The average Bonchev–Trinajstić information content (AvgIpc) is 3.30. The van der Waals surface area contributed by atoms with Crippen LogP contribution in [0.15, 0.2) is 0 Å². The molecule has 1 heterocycles. The van der Waals surface area contributed by atoms with Gasteiger partial charge in [-0.1, -0.05) is 258 Å². The Morgan fingerprint density at radius 1 is 0.409 bits per heavy atom. The highest BCUT2D eigenvalue weighted by Gasteiger charge is 2.47. The predicted octanol–water partition coefficient (Wildman–Crippen LogP) is 13.8. The minimum absolute atomic E-state index is 0.192. The lowest BCUT2D eigenvalue weighted by molar-refractivity contribution is -0.298. The number of carboxylic acid groups (broad SMARTS) is 1. The molecule has 0 bridgehead atoms. The second-order valence-electron chi connectivity index (χ2n) is 19.8. The van der Waals surface area contributed by atoms with Crippen LogP contribution in [0.5, 0.6) is 0 Å². The van der Waals surface area contributed by atoms with Crippen molar-refractivity contribution in [2.75, 3.05) is 13.2 Å². The summed E-state index contributed by atoms with van der Waals surface area (Å²) in [5.74, 6) is -2.41. The van der Waals surface area contributed by atoms with Crippen molar-refractivity contribution < 1.29 is 53.8 Å². The fourth-order valence-electron chi connectivity index (χ4n) is 9.06. The maximum absolute atomic E-state index is 12.8. The highest BCUT2D eigenvalue weighted by molar-refractivity contribution is 5.73. The number of carboxylic acids is 1. The summed E-state index contributed by atoms with van der Waals surface area (Å²) in [5.41, 5.74) is 0. The van der Waals surface area contributed by atoms with Gasteiger partial charge >= 0.3 is 17.9 Å². The molecule has 0 aromatic rings. The highest BCUT2D eigenvalue weighted by Crippen LogP contribution is 2.24. The first-order valence-electron chi connectivity index (χ1n) is 28.1. The van der Waals surface area contributed by atoms with E-state index in [1.165, 1.54) is 205 Å². The molecule has 11 nitrogen and oxygen atoms in total. The van der Waals surface area contributed by atoms with Gasteiger partial charge in [0, 0.05) is 12.8 Å². The summed E-state index contributed by atoms with van der Waals surface area (Å²) in [6, 6.07) is 0. The fourth-order valence-corrected chi connectivity index (χ4v) is 9.06. The van der Waals surface area contributed by atoms with Crippen LogP contribution in [0.2, 0.25) is 0 Å². The Labute approximate surface area is 404 Å². The van der Waals surface area contributed by atoms with Crippen molar-refractivity contribution in [2.45, 2.75) is 320 Å². The van der Waals surface area contributed by atoms with Crippen LogP contribution in [0.1, 0.15) is 284 Å². The zero-order chi connectivity index (χ0) is 48.1. The molecule has 6 atom stereocenters. The lowest BCUT2D eigenvalue weighted by atomic mass is 9.99. The summed E-state index contributed by atoms with van der Waals surface area (Å²) >= 11 is 0. The first-order chi connectivity index (χ1) is 32.2. The van der Waals surface area contributed by atoms with Gasteiger partial charge in [-0.25, -0.2) is 4.79 Å². The number of ether oxygens (including phenoxy) is 4. The van der Waals surface area contributed by atoms with Crippen molar-refractivity contribution in [2.24, 2.45) is 0 Å². The highest BCUT2D eigenvalue weighted by atomic mass is 16.7. The van der Waals surface area contributed by atoms with Gasteiger partial charge in [-0.3, -0.25) is 9.59 Å². The number of esters is 2. The molecule has 1 saturated heterocycles. The van der Waals surface area contributed by atoms with Crippen LogP contribution in [0.4, 0.5) is 0 Å². The molecule has 1 aliphatic rings. The lowest BCUT2D eigenvalue weighted by Gasteiger charge is -2.38. The molecular formula is C55H104O11. The van der Waals surface area contributed by atoms with Gasteiger partial charge in [-0.05, 0) is 12.8 Å². The van der Waals surface area contributed by atoms with Crippen molar-refractivity contribution in [1.29, 1.82) is 0 Å². The second-order valence-corrected chi connectivity index (χ2v) is 19.8. The molecule has 6 unspecified atom stereocenters. The van der Waals surface area contributed by atoms with Gasteiger partial charge in [0.2, 0.25) is 0 Å². The van der Waals surface area contributed by atoms with E-state index in [9.17, 15) is 34.8 Å². The van der Waals surface area contributed by atoms with E-state index in [0.717, 1.165) is 38.5 Å². The minimum atomic E-state index is -1.86. The number of hydrogen-bond donors (Lipinski definition) is 4. The number of carbonyl (C=O) groups is 3. The van der Waals surface area contributed by atoms with E-state index in [1.807, 2.05) is 0 Å². The molecular weight excluding hydrogens is 837 g/mol. The van der Waals surface area contributed by atoms with Gasteiger partial charge in [0.25, 0.3) is 0 Å². The van der Waals surface area contributed by atoms with E-state index in [1.54, 1.807) is 0 Å². The maximum atomic E-state index is 12.8. The fraction of sp³-hybridized carbons (Fsp3) is 0.945. The van der Waals surface area contributed by atoms with E-state index in [4.69, 9.17) is 18.9 Å².